The van der Waals surface area contributed by atoms with Gasteiger partial charge in [-0.1, -0.05) is 82.7 Å². The highest BCUT2D eigenvalue weighted by atomic mass is 14.8. The molecule has 0 atom stereocenters. The molecule has 1 aromatic heterocycles. The summed E-state index contributed by atoms with van der Waals surface area (Å²) < 4.78 is 0. The van der Waals surface area contributed by atoms with Crippen LogP contribution in [0.1, 0.15) is 11.1 Å². The number of rotatable bonds is 0. The zero-order valence-corrected chi connectivity index (χ0v) is 16.3. The molecule has 0 fully saturated rings. The van der Waals surface area contributed by atoms with Crippen molar-refractivity contribution in [2.75, 3.05) is 0 Å². The Labute approximate surface area is 169 Å². The van der Waals surface area contributed by atoms with Gasteiger partial charge < -0.3 is 0 Å². The molecule has 3 heteroatoms. The van der Waals surface area contributed by atoms with Crippen molar-refractivity contribution in [1.29, 1.82) is 0 Å². The van der Waals surface area contributed by atoms with E-state index in [1.807, 2.05) is 0 Å². The molecule has 0 saturated carbocycles. The van der Waals surface area contributed by atoms with Gasteiger partial charge in [-0.25, -0.2) is 9.97 Å². The van der Waals surface area contributed by atoms with Crippen molar-refractivity contribution in [2.24, 2.45) is 0 Å². The quantitative estimate of drug-likeness (QED) is 0.380. The Morgan fingerprint density at radius 2 is 1.10 bits per heavy atom. The minimum absolute atomic E-state index is 0.179. The zero-order chi connectivity index (χ0) is 19.3. The molecule has 0 radical (unpaired) electrons. The van der Waals surface area contributed by atoms with Crippen molar-refractivity contribution in [3.05, 3.63) is 78.1 Å². The Morgan fingerprint density at radius 3 is 1.62 bits per heavy atom. The molecule has 0 unspecified atom stereocenters. The highest BCUT2D eigenvalue weighted by Gasteiger charge is 2.41. The van der Waals surface area contributed by atoms with Gasteiger partial charge in [0.05, 0.1) is 11.4 Å². The Bertz CT molecular complexity index is 1420. The number of hydrogen-bond acceptors (Lipinski definition) is 2. The smallest absolute Gasteiger partial charge is 0.237 e. The van der Waals surface area contributed by atoms with Gasteiger partial charge in [-0.2, -0.15) is 0 Å². The number of nitrogens with zero attached hydrogens (tertiary/aromatic N) is 2. The van der Waals surface area contributed by atoms with E-state index in [0.29, 0.717) is 0 Å². The van der Waals surface area contributed by atoms with E-state index in [1.165, 1.54) is 60.2 Å². The predicted octanol–water partition coefficient (Wildman–Crippen LogP) is 3.88. The van der Waals surface area contributed by atoms with Crippen molar-refractivity contribution >= 4 is 44.6 Å². The van der Waals surface area contributed by atoms with E-state index >= 15 is 0 Å². The second-order valence-corrected chi connectivity index (χ2v) is 8.32. The van der Waals surface area contributed by atoms with Crippen molar-refractivity contribution in [3.8, 4) is 22.5 Å². The first-order valence-corrected chi connectivity index (χ1v) is 10.1. The molecule has 2 nitrogen and oxygen atoms in total. The summed E-state index contributed by atoms with van der Waals surface area (Å²) in [7, 11) is 0. The average Bonchev–Trinajstić information content (AvgIpc) is 2.76. The maximum Gasteiger partial charge on any atom is 0.249 e. The molecule has 2 aliphatic rings. The molecule has 0 aliphatic carbocycles. The fourth-order valence-corrected chi connectivity index (χ4v) is 5.69. The number of aryl methyl sites for hydroxylation is 2. The molecule has 0 amide bonds. The van der Waals surface area contributed by atoms with E-state index in [1.54, 1.807) is 6.33 Å². The lowest BCUT2D eigenvalue weighted by molar-refractivity contribution is 1.19. The third-order valence-electron chi connectivity index (χ3n) is 6.87. The Morgan fingerprint density at radius 1 is 0.586 bits per heavy atom. The number of aromatic nitrogens is 2. The molecule has 0 saturated heterocycles. The lowest BCUT2D eigenvalue weighted by Gasteiger charge is -2.34. The van der Waals surface area contributed by atoms with Crippen LogP contribution in [0, 0.1) is 13.8 Å². The molecule has 0 bridgehead atoms. The largest absolute Gasteiger partial charge is 0.249 e. The van der Waals surface area contributed by atoms with Gasteiger partial charge in [0.25, 0.3) is 0 Å². The van der Waals surface area contributed by atoms with Crippen LogP contribution in [0.4, 0.5) is 0 Å². The number of hydrogen-bond donors (Lipinski definition) is 0. The fourth-order valence-electron chi connectivity index (χ4n) is 5.69. The predicted molar refractivity (Wildman–Crippen MR) is 122 cm³/mol. The Kier molecular flexibility index (Phi) is 2.73. The van der Waals surface area contributed by atoms with Crippen molar-refractivity contribution in [2.45, 2.75) is 13.8 Å². The maximum absolute atomic E-state index is 4.82. The van der Waals surface area contributed by atoms with Crippen LogP contribution in [0.2, 0.25) is 0 Å². The minimum Gasteiger partial charge on any atom is -0.237 e. The van der Waals surface area contributed by atoms with Crippen molar-refractivity contribution in [1.82, 2.24) is 9.97 Å². The number of fused-ring (bicyclic) bond motifs is 4. The molecule has 2 aliphatic heterocycles. The third-order valence-corrected chi connectivity index (χ3v) is 6.87. The van der Waals surface area contributed by atoms with E-state index in [4.69, 9.17) is 9.97 Å². The first-order valence-electron chi connectivity index (χ1n) is 10.1. The normalized spacial score (nSPS) is 13.1. The van der Waals surface area contributed by atoms with Crippen LogP contribution < -0.4 is 16.4 Å². The van der Waals surface area contributed by atoms with Gasteiger partial charge in [0.15, 0.2) is 0 Å². The molecule has 7 rings (SSSR count). The lowest BCUT2D eigenvalue weighted by atomic mass is 9.30. The highest BCUT2D eigenvalue weighted by molar-refractivity contribution is 7.01. The lowest BCUT2D eigenvalue weighted by Crippen LogP contribution is -2.59. The van der Waals surface area contributed by atoms with Gasteiger partial charge >= 0.3 is 0 Å². The second-order valence-electron chi connectivity index (χ2n) is 8.32. The standard InChI is InChI=1S/C26H17BN2/c1-14-9-11-16-5-3-7-18-20(16)22(14)27-23-15(2)10-12-17-6-4-8-19(21(17)23)26-24(27)25(18)28-13-29-26/h3-13H,1-2H3. The van der Waals surface area contributed by atoms with Crippen LogP contribution in [0.15, 0.2) is 67.0 Å². The molecular formula is C26H17BN2. The zero-order valence-electron chi connectivity index (χ0n) is 16.3. The van der Waals surface area contributed by atoms with E-state index in [-0.39, 0.29) is 6.71 Å². The molecule has 3 heterocycles. The van der Waals surface area contributed by atoms with Crippen LogP contribution in [0.3, 0.4) is 0 Å². The molecular weight excluding hydrogens is 351 g/mol. The Balaban J connectivity index is 1.80. The highest BCUT2D eigenvalue weighted by Crippen LogP contribution is 2.37. The van der Waals surface area contributed by atoms with Gasteiger partial charge in [0.2, 0.25) is 6.71 Å². The summed E-state index contributed by atoms with van der Waals surface area (Å²) >= 11 is 0. The third kappa shape index (κ3) is 1.75. The van der Waals surface area contributed by atoms with Gasteiger partial charge in [0.1, 0.15) is 6.33 Å². The monoisotopic (exact) mass is 368 g/mol. The van der Waals surface area contributed by atoms with Crippen LogP contribution in [-0.4, -0.2) is 16.7 Å². The number of benzene rings is 4. The summed E-state index contributed by atoms with van der Waals surface area (Å²) in [5, 5.41) is 5.28. The van der Waals surface area contributed by atoms with Crippen molar-refractivity contribution < 1.29 is 0 Å². The molecule has 134 valence electrons. The second kappa shape index (κ2) is 5.12. The average molecular weight is 368 g/mol. The van der Waals surface area contributed by atoms with Gasteiger partial charge in [-0.3, -0.25) is 0 Å². The summed E-state index contributed by atoms with van der Waals surface area (Å²) in [4.78, 5) is 9.64. The maximum atomic E-state index is 4.82. The molecule has 29 heavy (non-hydrogen) atoms. The van der Waals surface area contributed by atoms with Crippen molar-refractivity contribution in [3.63, 3.8) is 0 Å². The first kappa shape index (κ1) is 15.5. The van der Waals surface area contributed by atoms with Crippen LogP contribution in [0.25, 0.3) is 44.1 Å². The summed E-state index contributed by atoms with van der Waals surface area (Å²) in [5.74, 6) is 0. The SMILES string of the molecule is Cc1ccc2cccc3c2c1B1c2c-3ncnc2-c2cccc3ccc(C)c1c23. The Hall–Kier alpha value is -3.46. The summed E-state index contributed by atoms with van der Waals surface area (Å²) in [6.45, 7) is 4.67. The van der Waals surface area contributed by atoms with E-state index in [2.05, 4.69) is 74.5 Å². The fraction of sp³-hybridized carbons (Fsp3) is 0.0769. The first-order chi connectivity index (χ1) is 14.2. The molecule has 4 aromatic carbocycles. The topological polar surface area (TPSA) is 25.8 Å². The molecule has 0 spiro atoms. The van der Waals surface area contributed by atoms with Gasteiger partial charge in [-0.15, -0.1) is 0 Å². The van der Waals surface area contributed by atoms with Crippen LogP contribution >= 0.6 is 0 Å². The summed E-state index contributed by atoms with van der Waals surface area (Å²) in [6.07, 6.45) is 1.74. The van der Waals surface area contributed by atoms with E-state index in [0.717, 1.165) is 11.4 Å². The minimum atomic E-state index is 0.179. The van der Waals surface area contributed by atoms with Gasteiger partial charge in [-0.05, 0) is 40.9 Å². The molecule has 5 aromatic rings. The van der Waals surface area contributed by atoms with Crippen LogP contribution in [-0.2, 0) is 0 Å². The molecule has 0 N–H and O–H groups in total. The van der Waals surface area contributed by atoms with E-state index < -0.39 is 0 Å². The summed E-state index contributed by atoms with van der Waals surface area (Å²) in [6, 6.07) is 22.2. The van der Waals surface area contributed by atoms with Crippen LogP contribution in [0.5, 0.6) is 0 Å². The summed E-state index contributed by atoms with van der Waals surface area (Å²) in [5.41, 5.74) is 11.5. The van der Waals surface area contributed by atoms with E-state index in [9.17, 15) is 0 Å². The van der Waals surface area contributed by atoms with Gasteiger partial charge in [0, 0.05) is 11.1 Å².